The SMILES string of the molecule is Cc1cccc(C[C@@H]2NC(=O)[C@H](CC(=O)O)NC(=O)[C@H](Cc3ccc(O)cc3)NC(=O)[C@H](CC(N)=O)NC(=O)CSC[C@@H](C(=O)N[C@@H](C)C(N)=O)NC(=O)[C@H]([C@@H](C)O)NC(=O)[C@H](C(C)C)NC(=O)[C@H](CC(C)C)NC(=O)[C@H](CCN)NC(=O)[C@H](Cc3ccccc3)N(C)C(=O)[C@H](C)N(C)C(=O)[C@H](CCCNC(N)=O)NC(=O)[C@H](Cc3ccc(-c4ccccc4)cc3)NC(=O)[C@H](C(C)C)NC2=O)c1. The van der Waals surface area contributed by atoms with Crippen molar-refractivity contribution >= 4 is 124 Å². The molecule has 0 unspecified atom stereocenters. The standard InChI is InChI=1S/C94H130N20O22S/c1-49(2)39-65-85(127)111-77(51(5)6)90(132)112-78(55(10)115)91(133)109-71(87(129)100-53(8)79(97)121)47-137-48-74(118)101-69(45-73(96)117)83(125)105-66(42-58-30-34-62(116)35-31-58)82(124)107-70(46-75(119)120)84(126)106-68(43-59-24-19-21-52(7)40-59)86(128)110-76(50(3)4)89(131)108-67(41-57-28-32-61(33-29-57)60-25-17-14-18-26-60)81(123)103-64(27-20-38-99-94(98)136)93(135)113(11)54(9)92(134)114(12)72(44-56-22-15-13-16-23-56)88(130)102-63(36-37-95)80(122)104-65/h13-19,21-26,28-35,40,49-51,53-55,63-72,76-78,115-116H,20,27,36-39,41-48,95H2,1-12H3,(H2,96,117)(H2,97,121)(H,100,129)(H,101,118)(H,102,130)(H,103,123)(H,104,122)(H,105,125)(H,106,126)(H,107,124)(H,108,131)(H,109,133)(H,110,128)(H,111,127)(H,112,132)(H,119,120)(H3,98,99,136)/t53-,54-,55+,63-,64-,65-,66-,67-,68-,69-,70-,71-,72-,76-,77-,78-/m0/s1. The summed E-state index contributed by atoms with van der Waals surface area (Å²) in [5.74, 6) is -23.5. The topological polar surface area (TPSA) is 664 Å². The van der Waals surface area contributed by atoms with E-state index in [1.807, 2.05) is 30.3 Å². The van der Waals surface area contributed by atoms with E-state index in [4.69, 9.17) is 22.9 Å². The van der Waals surface area contributed by atoms with Crippen LogP contribution < -0.4 is 97.4 Å². The number of hydrogen-bond donors (Lipinski definition) is 21. The molecule has 0 aromatic heterocycles. The molecule has 0 bridgehead atoms. The third kappa shape index (κ3) is 36.2. The molecule has 42 nitrogen and oxygen atoms in total. The lowest BCUT2D eigenvalue weighted by Gasteiger charge is -2.35. The maximum Gasteiger partial charge on any atom is 0.312 e. The number of rotatable bonds is 27. The van der Waals surface area contributed by atoms with Gasteiger partial charge in [0.15, 0.2) is 0 Å². The van der Waals surface area contributed by atoms with Crippen molar-refractivity contribution in [1.82, 2.24) is 84.2 Å². The molecule has 19 amide bonds. The zero-order valence-electron chi connectivity index (χ0n) is 78.8. The first-order valence-electron chi connectivity index (χ1n) is 44.9. The summed E-state index contributed by atoms with van der Waals surface area (Å²) < 4.78 is 0. The van der Waals surface area contributed by atoms with Crippen molar-refractivity contribution in [1.29, 1.82) is 0 Å². The van der Waals surface area contributed by atoms with E-state index in [0.29, 0.717) is 34.0 Å². The first-order chi connectivity index (χ1) is 64.6. The average Bonchev–Trinajstić information content (AvgIpc) is 0.817. The fraction of sp³-hybridized carbons (Fsp3) is 0.479. The highest BCUT2D eigenvalue weighted by Crippen LogP contribution is 2.23. The average molecular weight is 1920 g/mol. The highest BCUT2D eigenvalue weighted by atomic mass is 32.2. The first-order valence-corrected chi connectivity index (χ1v) is 46.1. The molecular formula is C94H130N20O22S. The maximum atomic E-state index is 15.5. The van der Waals surface area contributed by atoms with Gasteiger partial charge in [-0.15, -0.1) is 11.8 Å². The van der Waals surface area contributed by atoms with Crippen molar-refractivity contribution in [3.63, 3.8) is 0 Å². The number of carboxylic acids is 1. The van der Waals surface area contributed by atoms with Gasteiger partial charge in [-0.25, -0.2) is 4.79 Å². The van der Waals surface area contributed by atoms with E-state index in [2.05, 4.69) is 74.4 Å². The molecule has 5 aromatic carbocycles. The summed E-state index contributed by atoms with van der Waals surface area (Å²) in [7, 11) is 2.54. The fourth-order valence-corrected chi connectivity index (χ4v) is 15.6. The van der Waals surface area contributed by atoms with Crippen molar-refractivity contribution in [3.8, 4) is 16.9 Å². The quantitative estimate of drug-likeness (QED) is 0.0247. The summed E-state index contributed by atoms with van der Waals surface area (Å²) in [6, 6.07) is 10.2. The predicted octanol–water partition coefficient (Wildman–Crippen LogP) is -2.25. The van der Waals surface area contributed by atoms with E-state index in [0.717, 1.165) is 27.9 Å². The highest BCUT2D eigenvalue weighted by Gasteiger charge is 2.42. The van der Waals surface area contributed by atoms with E-state index in [-0.39, 0.29) is 75.3 Å². The molecule has 0 saturated carbocycles. The minimum Gasteiger partial charge on any atom is -0.508 e. The van der Waals surface area contributed by atoms with Crippen LogP contribution >= 0.6 is 11.8 Å². The molecule has 25 N–H and O–H groups in total. The number of hydrogen-bond acceptors (Lipinski definition) is 23. The number of aromatic hydroxyl groups is 1. The van der Waals surface area contributed by atoms with Crippen LogP contribution in [0.15, 0.2) is 133 Å². The molecule has 1 fully saturated rings. The Balaban J connectivity index is 1.50. The number of nitrogens with one attached hydrogen (secondary N) is 14. The van der Waals surface area contributed by atoms with Gasteiger partial charge in [0.2, 0.25) is 100 Å². The number of amides is 19. The van der Waals surface area contributed by atoms with Gasteiger partial charge in [0.05, 0.1) is 24.7 Å². The Labute approximate surface area is 798 Å². The Bertz CT molecular complexity index is 5050. The van der Waals surface area contributed by atoms with E-state index in [1.165, 1.54) is 66.1 Å². The molecule has 137 heavy (non-hydrogen) atoms. The molecule has 744 valence electrons. The summed E-state index contributed by atoms with van der Waals surface area (Å²) in [4.78, 5) is 275. The van der Waals surface area contributed by atoms with Gasteiger partial charge >= 0.3 is 12.0 Å². The van der Waals surface area contributed by atoms with Gasteiger partial charge in [-0.2, -0.15) is 0 Å². The number of carbonyl (C=O) groups excluding carboxylic acids is 18. The zero-order valence-corrected chi connectivity index (χ0v) is 79.6. The predicted molar refractivity (Wildman–Crippen MR) is 506 cm³/mol. The minimum atomic E-state index is -2.12. The van der Waals surface area contributed by atoms with E-state index in [1.54, 1.807) is 113 Å². The Kier molecular flexibility index (Phi) is 44.4. The summed E-state index contributed by atoms with van der Waals surface area (Å²) in [6.07, 6.45) is -6.02. The van der Waals surface area contributed by atoms with Crippen molar-refractivity contribution in [2.75, 3.05) is 38.7 Å². The Morgan fingerprint density at radius 1 is 0.467 bits per heavy atom. The number of benzene rings is 5. The van der Waals surface area contributed by atoms with Gasteiger partial charge in [-0.05, 0) is 123 Å². The van der Waals surface area contributed by atoms with Crippen molar-refractivity contribution in [2.45, 2.75) is 230 Å². The van der Waals surface area contributed by atoms with Gasteiger partial charge in [-0.3, -0.25) is 86.3 Å². The number of aliphatic carboxylic acids is 1. The highest BCUT2D eigenvalue weighted by molar-refractivity contribution is 8.00. The number of carbonyl (C=O) groups is 19. The van der Waals surface area contributed by atoms with E-state index >= 15 is 28.8 Å². The third-order valence-corrected chi connectivity index (χ3v) is 23.6. The van der Waals surface area contributed by atoms with Gasteiger partial charge in [-0.1, -0.05) is 168 Å². The van der Waals surface area contributed by atoms with Crippen LogP contribution in [0, 0.1) is 24.7 Å². The lowest BCUT2D eigenvalue weighted by molar-refractivity contribution is -0.148. The second-order valence-electron chi connectivity index (χ2n) is 35.0. The molecule has 1 aliphatic heterocycles. The molecule has 1 aliphatic rings. The molecule has 1 heterocycles. The van der Waals surface area contributed by atoms with Crippen molar-refractivity contribution in [2.24, 2.45) is 40.7 Å². The van der Waals surface area contributed by atoms with Crippen LogP contribution in [0.2, 0.25) is 0 Å². The molecule has 5 aromatic rings. The molecule has 0 radical (unpaired) electrons. The molecule has 0 aliphatic carbocycles. The van der Waals surface area contributed by atoms with Crippen LogP contribution in [0.25, 0.3) is 11.1 Å². The number of aryl methyl sites for hydroxylation is 1. The second kappa shape index (κ2) is 54.4. The second-order valence-corrected chi connectivity index (χ2v) is 36.0. The largest absolute Gasteiger partial charge is 0.508 e. The van der Waals surface area contributed by atoms with Crippen molar-refractivity contribution < 1.29 is 106 Å². The first kappa shape index (κ1) is 112. The fourth-order valence-electron chi connectivity index (χ4n) is 14.7. The normalized spacial score (nSPS) is 23.4. The minimum absolute atomic E-state index is 0.0456. The number of phenolic OH excluding ortho intramolecular Hbond substituents is 1. The Morgan fingerprint density at radius 2 is 0.912 bits per heavy atom. The van der Waals surface area contributed by atoms with Crippen LogP contribution in [0.4, 0.5) is 4.79 Å². The zero-order chi connectivity index (χ0) is 102. The molecule has 6 rings (SSSR count). The number of urea groups is 1. The Hall–Kier alpha value is -14.1. The van der Waals surface area contributed by atoms with Gasteiger partial charge in [0.25, 0.3) is 0 Å². The monoisotopic (exact) mass is 1920 g/mol. The number of thioether (sulfide) groups is 1. The van der Waals surface area contributed by atoms with Crippen LogP contribution in [0.3, 0.4) is 0 Å². The molecular weight excluding hydrogens is 1790 g/mol. The number of carboxylic acid groups (broad SMARTS) is 1. The van der Waals surface area contributed by atoms with Gasteiger partial charge < -0.3 is 122 Å². The molecule has 16 atom stereocenters. The molecule has 43 heteroatoms. The van der Waals surface area contributed by atoms with E-state index in [9.17, 15) is 77.6 Å². The maximum absolute atomic E-state index is 15.5. The van der Waals surface area contributed by atoms with Crippen LogP contribution in [-0.4, -0.2) is 273 Å². The number of nitrogens with two attached hydrogens (primary N) is 4. The number of primary amides is 3. The summed E-state index contributed by atoms with van der Waals surface area (Å²) >= 11 is 0.608. The third-order valence-electron chi connectivity index (χ3n) is 22.5. The Morgan fingerprint density at radius 3 is 1.43 bits per heavy atom. The van der Waals surface area contributed by atoms with Crippen LogP contribution in [0.5, 0.6) is 5.75 Å². The number of phenols is 1. The van der Waals surface area contributed by atoms with Gasteiger partial charge in [0, 0.05) is 52.1 Å². The van der Waals surface area contributed by atoms with Gasteiger partial charge in [0.1, 0.15) is 96.4 Å². The van der Waals surface area contributed by atoms with Crippen LogP contribution in [0.1, 0.15) is 129 Å². The lowest BCUT2D eigenvalue weighted by atomic mass is 9.97. The smallest absolute Gasteiger partial charge is 0.312 e. The van der Waals surface area contributed by atoms with Crippen LogP contribution in [-0.2, 0) is 112 Å². The number of aliphatic hydroxyl groups is 1. The lowest BCUT2D eigenvalue weighted by Crippen LogP contribution is -2.63. The van der Waals surface area contributed by atoms with Crippen molar-refractivity contribution in [3.05, 3.63) is 161 Å². The summed E-state index contributed by atoms with van der Waals surface area (Å²) in [6.45, 7) is 14.6. The summed E-state index contributed by atoms with van der Waals surface area (Å²) in [5.41, 5.74) is 26.5. The number of likely N-dealkylation sites (N-methyl/N-ethyl adjacent to an activating group) is 2. The summed E-state index contributed by atoms with van der Waals surface area (Å²) in [5, 5.41) is 67.2. The van der Waals surface area contributed by atoms with E-state index < -0.39 is 252 Å². The molecule has 1 saturated heterocycles. The molecule has 0 spiro atoms. The number of nitrogens with zero attached hydrogens (tertiary/aromatic N) is 2. The number of aliphatic hydroxyl groups excluding tert-OH is 1.